The monoisotopic (exact) mass is 259 g/mol. The summed E-state index contributed by atoms with van der Waals surface area (Å²) in [5, 5.41) is 3.25. The lowest BCUT2D eigenvalue weighted by Crippen LogP contribution is -2.07. The van der Waals surface area contributed by atoms with Gasteiger partial charge in [0, 0.05) is 25.5 Å². The molecular weight excluding hydrogens is 241 g/mol. The number of halogens is 1. The van der Waals surface area contributed by atoms with Crippen LogP contribution in [-0.2, 0) is 13.1 Å². The number of hydrogen-bond acceptors (Lipinski definition) is 2. The van der Waals surface area contributed by atoms with Crippen molar-refractivity contribution in [1.29, 1.82) is 0 Å². The topological polar surface area (TPSA) is 29.9 Å². The summed E-state index contributed by atoms with van der Waals surface area (Å²) in [7, 11) is 0. The minimum Gasteiger partial charge on any atom is -0.352 e. The van der Waals surface area contributed by atoms with E-state index in [9.17, 15) is 4.39 Å². The lowest BCUT2D eigenvalue weighted by Gasteiger charge is -2.10. The third kappa shape index (κ3) is 3.02. The van der Waals surface area contributed by atoms with Gasteiger partial charge in [-0.25, -0.2) is 9.37 Å². The number of nitrogens with zero attached hydrogens (tertiary/aromatic N) is 2. The third-order valence-electron chi connectivity index (χ3n) is 2.99. The fourth-order valence-electron chi connectivity index (χ4n) is 2.08. The smallest absolute Gasteiger partial charge is 0.203 e. The van der Waals surface area contributed by atoms with Crippen LogP contribution in [0.15, 0.2) is 37.2 Å². The van der Waals surface area contributed by atoms with E-state index >= 15 is 0 Å². The van der Waals surface area contributed by atoms with Crippen LogP contribution >= 0.6 is 0 Å². The Morgan fingerprint density at radius 3 is 2.68 bits per heavy atom. The number of rotatable bonds is 5. The molecule has 19 heavy (non-hydrogen) atoms. The molecule has 1 aromatic carbocycles. The Morgan fingerprint density at radius 1 is 1.37 bits per heavy atom. The van der Waals surface area contributed by atoms with E-state index < -0.39 is 0 Å². The van der Waals surface area contributed by atoms with Gasteiger partial charge in [-0.2, -0.15) is 0 Å². The molecule has 0 fully saturated rings. The van der Waals surface area contributed by atoms with Gasteiger partial charge in [0.25, 0.3) is 0 Å². The van der Waals surface area contributed by atoms with Crippen molar-refractivity contribution in [3.63, 3.8) is 0 Å². The van der Waals surface area contributed by atoms with Crippen LogP contribution in [0.1, 0.15) is 16.7 Å². The first-order valence-corrected chi connectivity index (χ1v) is 6.23. The number of imidazole rings is 1. The average Bonchev–Trinajstić information content (AvgIpc) is 2.81. The van der Waals surface area contributed by atoms with Crippen molar-refractivity contribution < 1.29 is 4.39 Å². The summed E-state index contributed by atoms with van der Waals surface area (Å²) >= 11 is 0. The minimum absolute atomic E-state index is 0.128. The van der Waals surface area contributed by atoms with Gasteiger partial charge in [-0.1, -0.05) is 18.2 Å². The molecule has 100 valence electrons. The van der Waals surface area contributed by atoms with Crippen LogP contribution in [0.4, 0.5) is 10.3 Å². The highest BCUT2D eigenvalue weighted by molar-refractivity contribution is 5.34. The molecule has 0 saturated heterocycles. The Balaban J connectivity index is 2.10. The zero-order valence-electron chi connectivity index (χ0n) is 11.3. The summed E-state index contributed by atoms with van der Waals surface area (Å²) in [6.07, 6.45) is 5.46. The second-order valence-corrected chi connectivity index (χ2v) is 4.59. The predicted molar refractivity (Wildman–Crippen MR) is 75.6 cm³/mol. The van der Waals surface area contributed by atoms with Crippen molar-refractivity contribution in [2.24, 2.45) is 0 Å². The van der Waals surface area contributed by atoms with Crippen molar-refractivity contribution in [3.8, 4) is 0 Å². The molecule has 0 atom stereocenters. The molecule has 4 heteroatoms. The maximum atomic E-state index is 13.5. The van der Waals surface area contributed by atoms with Crippen LogP contribution in [-0.4, -0.2) is 9.55 Å². The average molecular weight is 259 g/mol. The standard InChI is InChI=1S/C15H18FN3/c1-4-6-19-7-5-17-15(19)18-10-13-8-11(2)14(16)12(3)9-13/h4-5,7-9H,1,6,10H2,2-3H3,(H,17,18). The van der Waals surface area contributed by atoms with Gasteiger partial charge in [0.2, 0.25) is 5.95 Å². The quantitative estimate of drug-likeness (QED) is 0.834. The molecule has 2 aromatic rings. The molecule has 0 bridgehead atoms. The maximum absolute atomic E-state index is 13.5. The number of allylic oxidation sites excluding steroid dienone is 1. The zero-order valence-corrected chi connectivity index (χ0v) is 11.3. The van der Waals surface area contributed by atoms with Gasteiger partial charge in [-0.15, -0.1) is 6.58 Å². The van der Waals surface area contributed by atoms with Gasteiger partial charge in [0.05, 0.1) is 0 Å². The number of benzene rings is 1. The largest absolute Gasteiger partial charge is 0.352 e. The second-order valence-electron chi connectivity index (χ2n) is 4.59. The van der Waals surface area contributed by atoms with E-state index in [1.807, 2.05) is 29.0 Å². The van der Waals surface area contributed by atoms with Crippen LogP contribution in [0.3, 0.4) is 0 Å². The Hall–Kier alpha value is -2.10. The molecule has 0 unspecified atom stereocenters. The van der Waals surface area contributed by atoms with Crippen molar-refractivity contribution in [1.82, 2.24) is 9.55 Å². The maximum Gasteiger partial charge on any atom is 0.203 e. The lowest BCUT2D eigenvalue weighted by atomic mass is 10.1. The van der Waals surface area contributed by atoms with E-state index in [0.717, 1.165) is 11.5 Å². The SMILES string of the molecule is C=CCn1ccnc1NCc1cc(C)c(F)c(C)c1. The van der Waals surface area contributed by atoms with Crippen LogP contribution < -0.4 is 5.32 Å². The van der Waals surface area contributed by atoms with E-state index in [2.05, 4.69) is 16.9 Å². The first-order valence-electron chi connectivity index (χ1n) is 6.23. The summed E-state index contributed by atoms with van der Waals surface area (Å²) < 4.78 is 15.5. The van der Waals surface area contributed by atoms with E-state index in [1.54, 1.807) is 20.0 Å². The van der Waals surface area contributed by atoms with Gasteiger partial charge in [0.1, 0.15) is 5.82 Å². The third-order valence-corrected chi connectivity index (χ3v) is 2.99. The second kappa shape index (κ2) is 5.69. The number of nitrogens with one attached hydrogen (secondary N) is 1. The van der Waals surface area contributed by atoms with E-state index in [-0.39, 0.29) is 5.82 Å². The molecule has 3 nitrogen and oxygen atoms in total. The summed E-state index contributed by atoms with van der Waals surface area (Å²) in [6.45, 7) is 8.61. The van der Waals surface area contributed by atoms with Gasteiger partial charge >= 0.3 is 0 Å². The Kier molecular flexibility index (Phi) is 4.00. The Morgan fingerprint density at radius 2 is 2.05 bits per heavy atom. The summed E-state index contributed by atoms with van der Waals surface area (Å²) in [4.78, 5) is 4.24. The summed E-state index contributed by atoms with van der Waals surface area (Å²) in [5.41, 5.74) is 2.39. The Labute approximate surface area is 112 Å². The number of aryl methyl sites for hydroxylation is 2. The molecule has 2 rings (SSSR count). The van der Waals surface area contributed by atoms with Gasteiger partial charge in [0.15, 0.2) is 0 Å². The summed E-state index contributed by atoms with van der Waals surface area (Å²) in [5.74, 6) is 0.663. The molecule has 1 heterocycles. The van der Waals surface area contributed by atoms with Gasteiger partial charge < -0.3 is 9.88 Å². The molecule has 0 amide bonds. The Bertz CT molecular complexity index is 564. The normalized spacial score (nSPS) is 10.5. The van der Waals surface area contributed by atoms with E-state index in [4.69, 9.17) is 0 Å². The first-order chi connectivity index (χ1) is 9.11. The summed E-state index contributed by atoms with van der Waals surface area (Å²) in [6, 6.07) is 3.71. The van der Waals surface area contributed by atoms with Crippen molar-refractivity contribution in [3.05, 3.63) is 59.7 Å². The molecular formula is C15H18FN3. The fourth-order valence-corrected chi connectivity index (χ4v) is 2.08. The number of hydrogen-bond donors (Lipinski definition) is 1. The van der Waals surface area contributed by atoms with Gasteiger partial charge in [-0.05, 0) is 30.5 Å². The molecule has 0 aliphatic carbocycles. The van der Waals surface area contributed by atoms with E-state index in [1.165, 1.54) is 0 Å². The van der Waals surface area contributed by atoms with Crippen LogP contribution in [0.5, 0.6) is 0 Å². The molecule has 0 spiro atoms. The van der Waals surface area contributed by atoms with Crippen molar-refractivity contribution in [2.45, 2.75) is 26.9 Å². The number of aromatic nitrogens is 2. The highest BCUT2D eigenvalue weighted by atomic mass is 19.1. The number of anilines is 1. The van der Waals surface area contributed by atoms with Crippen LogP contribution in [0.2, 0.25) is 0 Å². The molecule has 0 aliphatic rings. The molecule has 0 saturated carbocycles. The lowest BCUT2D eigenvalue weighted by molar-refractivity contribution is 0.608. The zero-order chi connectivity index (χ0) is 13.8. The van der Waals surface area contributed by atoms with Crippen LogP contribution in [0.25, 0.3) is 0 Å². The molecule has 0 radical (unpaired) electrons. The van der Waals surface area contributed by atoms with Crippen LogP contribution in [0, 0.1) is 19.7 Å². The van der Waals surface area contributed by atoms with Gasteiger partial charge in [-0.3, -0.25) is 0 Å². The molecule has 1 N–H and O–H groups in total. The highest BCUT2D eigenvalue weighted by Gasteiger charge is 2.05. The van der Waals surface area contributed by atoms with E-state index in [0.29, 0.717) is 24.2 Å². The predicted octanol–water partition coefficient (Wildman–Crippen LogP) is 3.44. The molecule has 1 aromatic heterocycles. The molecule has 0 aliphatic heterocycles. The van der Waals surface area contributed by atoms with Crippen molar-refractivity contribution >= 4 is 5.95 Å². The highest BCUT2D eigenvalue weighted by Crippen LogP contribution is 2.16. The minimum atomic E-state index is -0.128. The fraction of sp³-hybridized carbons (Fsp3) is 0.267. The van der Waals surface area contributed by atoms with Crippen molar-refractivity contribution in [2.75, 3.05) is 5.32 Å². The first kappa shape index (κ1) is 13.3.